The van der Waals surface area contributed by atoms with Crippen LogP contribution in [0.15, 0.2) is 0 Å². The summed E-state index contributed by atoms with van der Waals surface area (Å²) in [4.78, 5) is 13.0. The van der Waals surface area contributed by atoms with Crippen LogP contribution in [0.2, 0.25) is 0 Å². The lowest BCUT2D eigenvalue weighted by Crippen LogP contribution is -2.43. The second kappa shape index (κ2) is 6.39. The Kier molecular flexibility index (Phi) is 6.17. The van der Waals surface area contributed by atoms with Crippen molar-refractivity contribution in [3.05, 3.63) is 0 Å². The SMILES string of the molecule is CN(C)C(=O)CCCNC(C)(C)CC(C)(C)C. The maximum absolute atomic E-state index is 11.4. The van der Waals surface area contributed by atoms with Gasteiger partial charge in [0.2, 0.25) is 5.91 Å². The van der Waals surface area contributed by atoms with Crippen molar-refractivity contribution in [2.24, 2.45) is 5.41 Å². The molecule has 0 unspecified atom stereocenters. The third-order valence-corrected chi connectivity index (χ3v) is 2.64. The number of nitrogens with one attached hydrogen (secondary N) is 1. The lowest BCUT2D eigenvalue weighted by molar-refractivity contribution is -0.128. The van der Waals surface area contributed by atoms with Gasteiger partial charge in [-0.2, -0.15) is 0 Å². The van der Waals surface area contributed by atoms with E-state index in [9.17, 15) is 4.79 Å². The Morgan fingerprint density at radius 2 is 1.65 bits per heavy atom. The van der Waals surface area contributed by atoms with E-state index in [1.165, 1.54) is 0 Å². The van der Waals surface area contributed by atoms with Crippen LogP contribution in [0.5, 0.6) is 0 Å². The van der Waals surface area contributed by atoms with Gasteiger partial charge in [-0.05, 0) is 38.6 Å². The van der Waals surface area contributed by atoms with Crippen molar-refractivity contribution in [1.82, 2.24) is 10.2 Å². The Balaban J connectivity index is 3.84. The van der Waals surface area contributed by atoms with E-state index in [2.05, 4.69) is 39.9 Å². The first-order valence-corrected chi connectivity index (χ1v) is 6.49. The third kappa shape index (κ3) is 9.16. The predicted octanol–water partition coefficient (Wildman–Crippen LogP) is 2.66. The fourth-order valence-electron chi connectivity index (χ4n) is 2.28. The molecule has 1 N–H and O–H groups in total. The minimum atomic E-state index is 0.138. The summed E-state index contributed by atoms with van der Waals surface area (Å²) in [5.41, 5.74) is 0.468. The number of hydrogen-bond donors (Lipinski definition) is 1. The molecule has 0 saturated carbocycles. The predicted molar refractivity (Wildman–Crippen MR) is 74.1 cm³/mol. The van der Waals surface area contributed by atoms with Crippen LogP contribution in [0.1, 0.15) is 53.9 Å². The van der Waals surface area contributed by atoms with Crippen molar-refractivity contribution in [2.45, 2.75) is 59.4 Å². The summed E-state index contributed by atoms with van der Waals surface area (Å²) in [6.07, 6.45) is 2.66. The minimum absolute atomic E-state index is 0.138. The van der Waals surface area contributed by atoms with E-state index >= 15 is 0 Å². The summed E-state index contributed by atoms with van der Waals surface area (Å²) in [5, 5.41) is 3.54. The molecule has 3 heteroatoms. The molecule has 0 radical (unpaired) electrons. The van der Waals surface area contributed by atoms with E-state index in [4.69, 9.17) is 0 Å². The molecule has 0 spiro atoms. The molecule has 0 aromatic rings. The van der Waals surface area contributed by atoms with E-state index in [0.717, 1.165) is 19.4 Å². The zero-order valence-electron chi connectivity index (χ0n) is 12.7. The van der Waals surface area contributed by atoms with Gasteiger partial charge in [0.15, 0.2) is 0 Å². The third-order valence-electron chi connectivity index (χ3n) is 2.64. The summed E-state index contributed by atoms with van der Waals surface area (Å²) in [5.74, 6) is 0.209. The van der Waals surface area contributed by atoms with E-state index in [1.807, 2.05) is 0 Å². The van der Waals surface area contributed by atoms with Crippen LogP contribution < -0.4 is 5.32 Å². The average molecular weight is 242 g/mol. The Labute approximate surface area is 107 Å². The first-order valence-electron chi connectivity index (χ1n) is 6.49. The van der Waals surface area contributed by atoms with Crippen molar-refractivity contribution in [3.8, 4) is 0 Å². The second-order valence-corrected chi connectivity index (χ2v) is 6.94. The molecule has 0 atom stereocenters. The van der Waals surface area contributed by atoms with E-state index in [1.54, 1.807) is 19.0 Å². The standard InChI is InChI=1S/C14H30N2O/c1-13(2,3)11-14(4,5)15-10-8-9-12(17)16(6)7/h15H,8-11H2,1-7H3. The number of hydrogen-bond acceptors (Lipinski definition) is 2. The number of nitrogens with zero attached hydrogens (tertiary/aromatic N) is 1. The average Bonchev–Trinajstić information content (AvgIpc) is 2.07. The van der Waals surface area contributed by atoms with Crippen LogP contribution in [-0.4, -0.2) is 37.0 Å². The molecule has 0 bridgehead atoms. The van der Waals surface area contributed by atoms with Gasteiger partial charge in [0.05, 0.1) is 0 Å². The van der Waals surface area contributed by atoms with Crippen molar-refractivity contribution in [3.63, 3.8) is 0 Å². The van der Waals surface area contributed by atoms with Crippen molar-refractivity contribution in [1.29, 1.82) is 0 Å². The maximum Gasteiger partial charge on any atom is 0.222 e. The smallest absolute Gasteiger partial charge is 0.222 e. The summed E-state index contributed by atoms with van der Waals surface area (Å²) >= 11 is 0. The summed E-state index contributed by atoms with van der Waals surface area (Å²) < 4.78 is 0. The topological polar surface area (TPSA) is 32.3 Å². The molecule has 0 heterocycles. The summed E-state index contributed by atoms with van der Waals surface area (Å²) in [6.45, 7) is 12.1. The Hall–Kier alpha value is -0.570. The number of amides is 1. The van der Waals surface area contributed by atoms with Gasteiger partial charge in [0.1, 0.15) is 0 Å². The van der Waals surface area contributed by atoms with Gasteiger partial charge in [0.25, 0.3) is 0 Å². The van der Waals surface area contributed by atoms with Crippen LogP contribution in [-0.2, 0) is 4.79 Å². The van der Waals surface area contributed by atoms with Crippen LogP contribution in [0, 0.1) is 5.41 Å². The van der Waals surface area contributed by atoms with Crippen molar-refractivity contribution < 1.29 is 4.79 Å². The zero-order chi connectivity index (χ0) is 13.7. The highest BCUT2D eigenvalue weighted by atomic mass is 16.2. The Morgan fingerprint density at radius 1 is 1.12 bits per heavy atom. The van der Waals surface area contributed by atoms with Gasteiger partial charge < -0.3 is 10.2 Å². The van der Waals surface area contributed by atoms with E-state index in [0.29, 0.717) is 11.8 Å². The number of carbonyl (C=O) groups is 1. The number of rotatable bonds is 6. The summed E-state index contributed by atoms with van der Waals surface area (Å²) in [6, 6.07) is 0. The first kappa shape index (κ1) is 16.4. The quantitative estimate of drug-likeness (QED) is 0.726. The van der Waals surface area contributed by atoms with E-state index < -0.39 is 0 Å². The molecule has 0 aliphatic heterocycles. The lowest BCUT2D eigenvalue weighted by atomic mass is 9.82. The highest BCUT2D eigenvalue weighted by molar-refractivity contribution is 5.75. The van der Waals surface area contributed by atoms with Crippen molar-refractivity contribution in [2.75, 3.05) is 20.6 Å². The molecular formula is C14H30N2O. The first-order chi connectivity index (χ1) is 7.53. The molecule has 3 nitrogen and oxygen atoms in total. The monoisotopic (exact) mass is 242 g/mol. The largest absolute Gasteiger partial charge is 0.349 e. The highest BCUT2D eigenvalue weighted by Crippen LogP contribution is 2.26. The van der Waals surface area contributed by atoms with Gasteiger partial charge in [0, 0.05) is 26.1 Å². The van der Waals surface area contributed by atoms with Gasteiger partial charge in [-0.3, -0.25) is 4.79 Å². The van der Waals surface area contributed by atoms with Crippen LogP contribution >= 0.6 is 0 Å². The molecule has 0 aromatic heterocycles. The molecule has 0 aromatic carbocycles. The van der Waals surface area contributed by atoms with Crippen LogP contribution in [0.25, 0.3) is 0 Å². The molecular weight excluding hydrogens is 212 g/mol. The summed E-state index contributed by atoms with van der Waals surface area (Å²) in [7, 11) is 3.61. The molecule has 0 saturated heterocycles. The molecule has 0 rings (SSSR count). The molecule has 102 valence electrons. The van der Waals surface area contributed by atoms with Gasteiger partial charge in [-0.15, -0.1) is 0 Å². The lowest BCUT2D eigenvalue weighted by Gasteiger charge is -2.33. The van der Waals surface area contributed by atoms with E-state index in [-0.39, 0.29) is 11.4 Å². The second-order valence-electron chi connectivity index (χ2n) is 6.94. The fourth-order valence-corrected chi connectivity index (χ4v) is 2.28. The molecule has 0 aliphatic rings. The Morgan fingerprint density at radius 3 is 2.06 bits per heavy atom. The van der Waals surface area contributed by atoms with Crippen LogP contribution in [0.4, 0.5) is 0 Å². The highest BCUT2D eigenvalue weighted by Gasteiger charge is 2.24. The molecule has 0 fully saturated rings. The fraction of sp³-hybridized carbons (Fsp3) is 0.929. The normalized spacial score (nSPS) is 12.6. The van der Waals surface area contributed by atoms with Gasteiger partial charge in [-0.25, -0.2) is 0 Å². The molecule has 1 amide bonds. The van der Waals surface area contributed by atoms with Gasteiger partial charge in [-0.1, -0.05) is 20.8 Å². The van der Waals surface area contributed by atoms with Crippen molar-refractivity contribution >= 4 is 5.91 Å². The zero-order valence-corrected chi connectivity index (χ0v) is 12.7. The minimum Gasteiger partial charge on any atom is -0.349 e. The Bertz CT molecular complexity index is 239. The number of carbonyl (C=O) groups excluding carboxylic acids is 1. The molecule has 17 heavy (non-hydrogen) atoms. The molecule has 0 aliphatic carbocycles. The van der Waals surface area contributed by atoms with Gasteiger partial charge >= 0.3 is 0 Å². The van der Waals surface area contributed by atoms with Crippen LogP contribution in [0.3, 0.4) is 0 Å². The maximum atomic E-state index is 11.4.